The summed E-state index contributed by atoms with van der Waals surface area (Å²) in [4.78, 5) is 13.3. The van der Waals surface area contributed by atoms with Crippen molar-refractivity contribution < 1.29 is 9.90 Å². The van der Waals surface area contributed by atoms with Gasteiger partial charge in [0.05, 0.1) is 5.56 Å². The van der Waals surface area contributed by atoms with Gasteiger partial charge in [-0.05, 0) is 19.2 Å². The zero-order chi connectivity index (χ0) is 13.1. The van der Waals surface area contributed by atoms with Gasteiger partial charge >= 0.3 is 0 Å². The van der Waals surface area contributed by atoms with E-state index in [9.17, 15) is 9.90 Å². The van der Waals surface area contributed by atoms with Crippen molar-refractivity contribution in [3.05, 3.63) is 35.9 Å². The van der Waals surface area contributed by atoms with Gasteiger partial charge in [-0.3, -0.25) is 4.79 Å². The molecule has 0 radical (unpaired) electrons. The molecule has 2 aromatic rings. The lowest BCUT2D eigenvalue weighted by Gasteiger charge is -2.23. The molecule has 0 amide bonds. The molecule has 0 heterocycles. The average molecular weight is 243 g/mol. The predicted molar refractivity (Wildman–Crippen MR) is 74.6 cm³/mol. The second kappa shape index (κ2) is 5.08. The van der Waals surface area contributed by atoms with Crippen molar-refractivity contribution in [3.63, 3.8) is 0 Å². The highest BCUT2D eigenvalue weighted by Crippen LogP contribution is 2.34. The molecule has 0 aliphatic carbocycles. The number of rotatable bonds is 4. The normalized spacial score (nSPS) is 10.6. The zero-order valence-corrected chi connectivity index (χ0v) is 10.7. The topological polar surface area (TPSA) is 40.5 Å². The van der Waals surface area contributed by atoms with E-state index in [4.69, 9.17) is 0 Å². The summed E-state index contributed by atoms with van der Waals surface area (Å²) in [7, 11) is 0. The summed E-state index contributed by atoms with van der Waals surface area (Å²) in [6, 6.07) is 9.35. The first kappa shape index (κ1) is 12.4. The van der Waals surface area contributed by atoms with Gasteiger partial charge in [-0.25, -0.2) is 0 Å². The molecule has 0 aliphatic heterocycles. The Morgan fingerprint density at radius 1 is 1.17 bits per heavy atom. The molecule has 3 nitrogen and oxygen atoms in total. The first-order valence-electron chi connectivity index (χ1n) is 6.17. The fourth-order valence-electron chi connectivity index (χ4n) is 2.31. The largest absolute Gasteiger partial charge is 0.507 e. The van der Waals surface area contributed by atoms with Crippen LogP contribution in [0.2, 0.25) is 0 Å². The number of phenols is 1. The van der Waals surface area contributed by atoms with Crippen LogP contribution in [0.4, 0.5) is 5.69 Å². The van der Waals surface area contributed by atoms with Crippen LogP contribution >= 0.6 is 0 Å². The summed E-state index contributed by atoms with van der Waals surface area (Å²) in [5.41, 5.74) is 1.33. The number of fused-ring (bicyclic) bond motifs is 1. The standard InChI is InChI=1S/C15H17NO2/c1-3-16(4-2)14-9-15(18)13(10-17)11-7-5-6-8-12(11)14/h5-10,18H,3-4H2,1-2H3. The Balaban J connectivity index is 2.79. The number of hydrogen-bond acceptors (Lipinski definition) is 3. The predicted octanol–water partition coefficient (Wildman–Crippen LogP) is 3.20. The third kappa shape index (κ3) is 1.92. The number of hydrogen-bond donors (Lipinski definition) is 1. The van der Waals surface area contributed by atoms with E-state index in [1.807, 2.05) is 24.3 Å². The highest BCUT2D eigenvalue weighted by atomic mass is 16.3. The van der Waals surface area contributed by atoms with E-state index in [1.165, 1.54) is 0 Å². The van der Waals surface area contributed by atoms with Gasteiger partial charge in [0.25, 0.3) is 0 Å². The summed E-state index contributed by atoms with van der Waals surface area (Å²) >= 11 is 0. The second-order valence-electron chi connectivity index (χ2n) is 4.16. The summed E-state index contributed by atoms with van der Waals surface area (Å²) < 4.78 is 0. The van der Waals surface area contributed by atoms with E-state index in [0.717, 1.165) is 29.5 Å². The van der Waals surface area contributed by atoms with Gasteiger partial charge < -0.3 is 10.0 Å². The van der Waals surface area contributed by atoms with Crippen molar-refractivity contribution >= 4 is 22.7 Å². The average Bonchev–Trinajstić information content (AvgIpc) is 2.40. The summed E-state index contributed by atoms with van der Waals surface area (Å²) in [5, 5.41) is 11.8. The van der Waals surface area contributed by atoms with Crippen molar-refractivity contribution in [1.82, 2.24) is 0 Å². The lowest BCUT2D eigenvalue weighted by molar-refractivity contribution is 0.112. The van der Waals surface area contributed by atoms with Crippen LogP contribution in [0, 0.1) is 0 Å². The van der Waals surface area contributed by atoms with Crippen LogP contribution in [0.3, 0.4) is 0 Å². The first-order chi connectivity index (χ1) is 8.72. The Hall–Kier alpha value is -2.03. The molecule has 2 aromatic carbocycles. The van der Waals surface area contributed by atoms with E-state index < -0.39 is 0 Å². The maximum absolute atomic E-state index is 11.1. The van der Waals surface area contributed by atoms with E-state index in [1.54, 1.807) is 6.07 Å². The fraction of sp³-hybridized carbons (Fsp3) is 0.267. The SMILES string of the molecule is CCN(CC)c1cc(O)c(C=O)c2ccccc12. The summed E-state index contributed by atoms with van der Waals surface area (Å²) in [6.07, 6.45) is 0.712. The summed E-state index contributed by atoms with van der Waals surface area (Å²) in [6.45, 7) is 5.87. The van der Waals surface area contributed by atoms with Crippen LogP contribution < -0.4 is 4.90 Å². The molecule has 18 heavy (non-hydrogen) atoms. The molecule has 0 fully saturated rings. The third-order valence-electron chi connectivity index (χ3n) is 3.26. The highest BCUT2D eigenvalue weighted by molar-refractivity contribution is 6.06. The van der Waals surface area contributed by atoms with E-state index in [0.29, 0.717) is 11.8 Å². The van der Waals surface area contributed by atoms with Gasteiger partial charge in [0.15, 0.2) is 6.29 Å². The molecule has 0 spiro atoms. The number of aromatic hydroxyl groups is 1. The number of aldehydes is 1. The molecule has 0 unspecified atom stereocenters. The minimum Gasteiger partial charge on any atom is -0.507 e. The Labute approximate surface area is 107 Å². The van der Waals surface area contributed by atoms with Crippen LogP contribution in [0.1, 0.15) is 24.2 Å². The molecule has 1 N–H and O–H groups in total. The molecule has 3 heteroatoms. The number of carbonyl (C=O) groups excluding carboxylic acids is 1. The van der Waals surface area contributed by atoms with Crippen molar-refractivity contribution in [3.8, 4) is 5.75 Å². The van der Waals surface area contributed by atoms with Gasteiger partial charge in [0.1, 0.15) is 5.75 Å². The Kier molecular flexibility index (Phi) is 3.51. The van der Waals surface area contributed by atoms with Gasteiger partial charge in [-0.15, -0.1) is 0 Å². The quantitative estimate of drug-likeness (QED) is 0.838. The number of nitrogens with zero attached hydrogens (tertiary/aromatic N) is 1. The third-order valence-corrected chi connectivity index (χ3v) is 3.26. The molecule has 0 atom stereocenters. The van der Waals surface area contributed by atoms with Gasteiger partial charge in [-0.2, -0.15) is 0 Å². The molecule has 0 aromatic heterocycles. The molecule has 0 bridgehead atoms. The Morgan fingerprint density at radius 2 is 1.78 bits per heavy atom. The molecular weight excluding hydrogens is 226 g/mol. The minimum atomic E-state index is 0.0469. The molecule has 0 saturated heterocycles. The van der Waals surface area contributed by atoms with Crippen LogP contribution in [-0.2, 0) is 0 Å². The minimum absolute atomic E-state index is 0.0469. The van der Waals surface area contributed by atoms with E-state index in [2.05, 4.69) is 18.7 Å². The molecule has 2 rings (SSSR count). The van der Waals surface area contributed by atoms with Crippen molar-refractivity contribution in [2.45, 2.75) is 13.8 Å². The molecular formula is C15H17NO2. The molecule has 0 saturated carbocycles. The smallest absolute Gasteiger partial charge is 0.154 e. The molecule has 0 aliphatic rings. The van der Waals surface area contributed by atoms with E-state index in [-0.39, 0.29) is 5.75 Å². The lowest BCUT2D eigenvalue weighted by Crippen LogP contribution is -2.22. The van der Waals surface area contributed by atoms with E-state index >= 15 is 0 Å². The van der Waals surface area contributed by atoms with Crippen LogP contribution in [0.25, 0.3) is 10.8 Å². The van der Waals surface area contributed by atoms with Gasteiger partial charge in [0, 0.05) is 30.2 Å². The van der Waals surface area contributed by atoms with Gasteiger partial charge in [-0.1, -0.05) is 24.3 Å². The maximum atomic E-state index is 11.1. The number of carbonyl (C=O) groups is 1. The highest BCUT2D eigenvalue weighted by Gasteiger charge is 2.13. The fourth-order valence-corrected chi connectivity index (χ4v) is 2.31. The first-order valence-corrected chi connectivity index (χ1v) is 6.17. The van der Waals surface area contributed by atoms with Crippen LogP contribution in [0.5, 0.6) is 5.75 Å². The lowest BCUT2D eigenvalue weighted by atomic mass is 10.0. The maximum Gasteiger partial charge on any atom is 0.154 e. The second-order valence-corrected chi connectivity index (χ2v) is 4.16. The summed E-state index contributed by atoms with van der Waals surface area (Å²) in [5.74, 6) is 0.0469. The Bertz CT molecular complexity index is 574. The monoisotopic (exact) mass is 243 g/mol. The number of phenolic OH excluding ortho intramolecular Hbond substituents is 1. The molecule has 94 valence electrons. The van der Waals surface area contributed by atoms with Crippen molar-refractivity contribution in [1.29, 1.82) is 0 Å². The zero-order valence-electron chi connectivity index (χ0n) is 10.7. The Morgan fingerprint density at radius 3 is 2.33 bits per heavy atom. The van der Waals surface area contributed by atoms with Gasteiger partial charge in [0.2, 0.25) is 0 Å². The van der Waals surface area contributed by atoms with Crippen LogP contribution in [0.15, 0.2) is 30.3 Å². The van der Waals surface area contributed by atoms with Crippen molar-refractivity contribution in [2.75, 3.05) is 18.0 Å². The van der Waals surface area contributed by atoms with Crippen molar-refractivity contribution in [2.24, 2.45) is 0 Å². The number of anilines is 1. The number of benzene rings is 2. The van der Waals surface area contributed by atoms with Crippen LogP contribution in [-0.4, -0.2) is 24.5 Å².